The van der Waals surface area contributed by atoms with Crippen molar-refractivity contribution >= 4 is 34.4 Å². The van der Waals surface area contributed by atoms with Crippen molar-refractivity contribution < 1.29 is 0 Å². The summed E-state index contributed by atoms with van der Waals surface area (Å²) in [6.07, 6.45) is 3.55. The molecule has 4 aromatic rings. The number of rotatable bonds is 3. The van der Waals surface area contributed by atoms with E-state index in [9.17, 15) is 4.79 Å². The maximum atomic E-state index is 12.2. The van der Waals surface area contributed by atoms with Crippen molar-refractivity contribution in [2.45, 2.75) is 5.16 Å². The van der Waals surface area contributed by atoms with Gasteiger partial charge in [-0.05, 0) is 36.6 Å². The van der Waals surface area contributed by atoms with Gasteiger partial charge in [0.1, 0.15) is 11.5 Å². The fourth-order valence-electron chi connectivity index (χ4n) is 2.40. The van der Waals surface area contributed by atoms with Crippen molar-refractivity contribution in [2.75, 3.05) is 6.26 Å². The number of hydrogen-bond donors (Lipinski definition) is 2. The van der Waals surface area contributed by atoms with Gasteiger partial charge in [0.15, 0.2) is 5.16 Å². The van der Waals surface area contributed by atoms with Gasteiger partial charge >= 0.3 is 0 Å². The molecule has 2 N–H and O–H groups in total. The van der Waals surface area contributed by atoms with Gasteiger partial charge < -0.3 is 4.98 Å². The quantitative estimate of drug-likeness (QED) is 0.424. The van der Waals surface area contributed by atoms with Crippen LogP contribution < -0.4 is 5.56 Å². The van der Waals surface area contributed by atoms with Crippen LogP contribution in [-0.2, 0) is 0 Å². The average molecular weight is 371 g/mol. The zero-order chi connectivity index (χ0) is 17.4. The molecule has 0 saturated carbocycles. The molecule has 0 radical (unpaired) electrons. The van der Waals surface area contributed by atoms with Crippen LogP contribution in [0, 0.1) is 0 Å². The van der Waals surface area contributed by atoms with Crippen LogP contribution >= 0.6 is 23.4 Å². The summed E-state index contributed by atoms with van der Waals surface area (Å²) in [5.74, 6) is 0.446. The molecule has 0 atom stereocenters. The molecule has 124 valence electrons. The Kier molecular flexibility index (Phi) is 3.98. The van der Waals surface area contributed by atoms with E-state index in [2.05, 4.69) is 30.1 Å². The van der Waals surface area contributed by atoms with Gasteiger partial charge in [-0.15, -0.1) is 0 Å². The van der Waals surface area contributed by atoms with Crippen LogP contribution in [0.1, 0.15) is 0 Å². The highest BCUT2D eigenvalue weighted by Crippen LogP contribution is 2.23. The van der Waals surface area contributed by atoms with Gasteiger partial charge in [0.2, 0.25) is 0 Å². The molecule has 7 nitrogen and oxygen atoms in total. The molecular formula is C16H11ClN6OS. The number of nitrogens with zero attached hydrogens (tertiary/aromatic N) is 4. The molecule has 0 amide bonds. The molecule has 0 unspecified atom stereocenters. The summed E-state index contributed by atoms with van der Waals surface area (Å²) in [6, 6.07) is 8.71. The van der Waals surface area contributed by atoms with E-state index in [0.717, 1.165) is 11.0 Å². The monoisotopic (exact) mass is 370 g/mol. The number of thioether (sulfide) groups is 1. The molecule has 3 heterocycles. The average Bonchev–Trinajstić information content (AvgIpc) is 3.05. The van der Waals surface area contributed by atoms with Gasteiger partial charge in [0.05, 0.1) is 22.3 Å². The summed E-state index contributed by atoms with van der Waals surface area (Å²) in [6.45, 7) is 0. The number of H-pyrrole nitrogens is 2. The largest absolute Gasteiger partial charge is 0.338 e. The number of imidazole rings is 1. The number of benzene rings is 1. The van der Waals surface area contributed by atoms with Gasteiger partial charge in [0.25, 0.3) is 5.56 Å². The Bertz CT molecular complexity index is 1140. The maximum Gasteiger partial charge on any atom is 0.275 e. The summed E-state index contributed by atoms with van der Waals surface area (Å²) in [5, 5.41) is 7.80. The Morgan fingerprint density at radius 3 is 2.84 bits per heavy atom. The van der Waals surface area contributed by atoms with Crippen LogP contribution in [0.4, 0.5) is 0 Å². The first-order valence-corrected chi connectivity index (χ1v) is 8.87. The van der Waals surface area contributed by atoms with E-state index in [-0.39, 0.29) is 5.56 Å². The molecule has 0 saturated heterocycles. The summed E-state index contributed by atoms with van der Waals surface area (Å²) in [7, 11) is 0. The van der Waals surface area contributed by atoms with Crippen molar-refractivity contribution in [2.24, 2.45) is 0 Å². The minimum atomic E-state index is -0.340. The standard InChI is InChI=1S/C16H11ClN6OS/c1-25-16-18-5-4-11(21-16)13-7-9(15(24)23-22-13)14-19-10-3-2-8(17)6-12(10)20-14/h2-7H,1H3,(H,19,20)(H,23,24). The van der Waals surface area contributed by atoms with E-state index in [1.54, 1.807) is 36.5 Å². The highest BCUT2D eigenvalue weighted by Gasteiger charge is 2.13. The Morgan fingerprint density at radius 1 is 1.12 bits per heavy atom. The molecule has 25 heavy (non-hydrogen) atoms. The third-order valence-corrected chi connectivity index (χ3v) is 4.38. The van der Waals surface area contributed by atoms with E-state index in [1.807, 2.05) is 6.26 Å². The number of nitrogens with one attached hydrogen (secondary N) is 2. The number of aromatic amines is 2. The van der Waals surface area contributed by atoms with Crippen LogP contribution in [-0.4, -0.2) is 36.4 Å². The van der Waals surface area contributed by atoms with Crippen molar-refractivity contribution in [1.29, 1.82) is 0 Å². The molecule has 0 spiro atoms. The van der Waals surface area contributed by atoms with Gasteiger partial charge in [0, 0.05) is 11.2 Å². The maximum absolute atomic E-state index is 12.2. The molecule has 1 aromatic carbocycles. The van der Waals surface area contributed by atoms with Crippen LogP contribution in [0.25, 0.3) is 33.8 Å². The van der Waals surface area contributed by atoms with Crippen LogP contribution in [0.2, 0.25) is 5.02 Å². The summed E-state index contributed by atoms with van der Waals surface area (Å²) >= 11 is 7.43. The minimum Gasteiger partial charge on any atom is -0.338 e. The normalized spacial score (nSPS) is 11.1. The Balaban J connectivity index is 1.85. The minimum absolute atomic E-state index is 0.340. The molecule has 0 fully saturated rings. The SMILES string of the molecule is CSc1nccc(-c2cc(-c3nc4ccc(Cl)cc4[nH]3)c(=O)[nH]n2)n1. The second kappa shape index (κ2) is 6.30. The first kappa shape index (κ1) is 15.8. The number of aromatic nitrogens is 6. The number of fused-ring (bicyclic) bond motifs is 1. The van der Waals surface area contributed by atoms with Crippen LogP contribution in [0.5, 0.6) is 0 Å². The molecular weight excluding hydrogens is 360 g/mol. The van der Waals surface area contributed by atoms with Gasteiger partial charge in [-0.1, -0.05) is 23.4 Å². The van der Waals surface area contributed by atoms with Crippen molar-refractivity contribution in [3.63, 3.8) is 0 Å². The Labute approximate surface area is 150 Å². The molecule has 0 aliphatic rings. The lowest BCUT2D eigenvalue weighted by molar-refractivity contribution is 0.944. The zero-order valence-electron chi connectivity index (χ0n) is 12.9. The predicted molar refractivity (Wildman–Crippen MR) is 97.8 cm³/mol. The lowest BCUT2D eigenvalue weighted by Gasteiger charge is -2.02. The molecule has 9 heteroatoms. The van der Waals surface area contributed by atoms with E-state index >= 15 is 0 Å². The fraction of sp³-hybridized carbons (Fsp3) is 0.0625. The first-order chi connectivity index (χ1) is 12.1. The highest BCUT2D eigenvalue weighted by atomic mass is 35.5. The fourth-order valence-corrected chi connectivity index (χ4v) is 2.93. The summed E-state index contributed by atoms with van der Waals surface area (Å²) in [4.78, 5) is 28.3. The number of hydrogen-bond acceptors (Lipinski definition) is 6. The molecule has 3 aromatic heterocycles. The smallest absolute Gasteiger partial charge is 0.275 e. The Morgan fingerprint density at radius 2 is 2.00 bits per heavy atom. The lowest BCUT2D eigenvalue weighted by atomic mass is 10.2. The molecule has 0 bridgehead atoms. The first-order valence-electron chi connectivity index (χ1n) is 7.27. The summed E-state index contributed by atoms with van der Waals surface area (Å²) < 4.78 is 0. The van der Waals surface area contributed by atoms with Crippen LogP contribution in [0.3, 0.4) is 0 Å². The number of halogens is 1. The van der Waals surface area contributed by atoms with Crippen molar-refractivity contribution in [1.82, 2.24) is 30.1 Å². The second-order valence-corrected chi connectivity index (χ2v) is 6.38. The van der Waals surface area contributed by atoms with Gasteiger partial charge in [-0.25, -0.2) is 20.1 Å². The predicted octanol–water partition coefficient (Wildman–Crippen LogP) is 3.15. The third kappa shape index (κ3) is 3.01. The summed E-state index contributed by atoms with van der Waals surface area (Å²) in [5.41, 5.74) is 2.67. The van der Waals surface area contributed by atoms with E-state index in [0.29, 0.717) is 33.0 Å². The molecule has 4 rings (SSSR count). The van der Waals surface area contributed by atoms with Gasteiger partial charge in [-0.2, -0.15) is 5.10 Å². The molecule has 0 aliphatic carbocycles. The lowest BCUT2D eigenvalue weighted by Crippen LogP contribution is -2.12. The van der Waals surface area contributed by atoms with Crippen LogP contribution in [0.15, 0.2) is 46.5 Å². The second-order valence-electron chi connectivity index (χ2n) is 5.17. The third-order valence-electron chi connectivity index (χ3n) is 3.58. The van der Waals surface area contributed by atoms with E-state index in [1.165, 1.54) is 11.8 Å². The van der Waals surface area contributed by atoms with Gasteiger partial charge in [-0.3, -0.25) is 4.79 Å². The van der Waals surface area contributed by atoms with E-state index in [4.69, 9.17) is 11.6 Å². The molecule has 0 aliphatic heterocycles. The van der Waals surface area contributed by atoms with E-state index < -0.39 is 0 Å². The van der Waals surface area contributed by atoms with Crippen molar-refractivity contribution in [3.05, 3.63) is 51.9 Å². The zero-order valence-corrected chi connectivity index (χ0v) is 14.5. The topological polar surface area (TPSA) is 100 Å². The highest BCUT2D eigenvalue weighted by molar-refractivity contribution is 7.98. The Hall–Kier alpha value is -2.71. The van der Waals surface area contributed by atoms with Crippen molar-refractivity contribution in [3.8, 4) is 22.8 Å².